The number of hydrogen-bond acceptors (Lipinski definition) is 8. The lowest BCUT2D eigenvalue weighted by Crippen LogP contribution is -2.36. The van der Waals surface area contributed by atoms with Crippen molar-refractivity contribution in [1.82, 2.24) is 20.2 Å². The van der Waals surface area contributed by atoms with Gasteiger partial charge in [0.05, 0.1) is 31.4 Å². The Hall–Kier alpha value is -3.08. The molecule has 0 unspecified atom stereocenters. The molecule has 3 N–H and O–H groups in total. The summed E-state index contributed by atoms with van der Waals surface area (Å²) in [6.07, 6.45) is 1.80. The van der Waals surface area contributed by atoms with Crippen LogP contribution < -0.4 is 10.4 Å². The molecule has 0 saturated heterocycles. The van der Waals surface area contributed by atoms with Gasteiger partial charge in [-0.25, -0.2) is 4.68 Å². The monoisotopic (exact) mass is 384 g/mol. The number of ketones is 2. The molecule has 0 saturated carbocycles. The van der Waals surface area contributed by atoms with E-state index in [4.69, 9.17) is 10.4 Å². The number of nitrogens with two attached hydrogens (primary N) is 1. The number of nitrogens with zero attached hydrogens (tertiary/aromatic N) is 5. The van der Waals surface area contributed by atoms with E-state index in [2.05, 4.69) is 20.5 Å². The summed E-state index contributed by atoms with van der Waals surface area (Å²) in [7, 11) is -1.16. The average Bonchev–Trinajstić information content (AvgIpc) is 3.09. The van der Waals surface area contributed by atoms with Crippen molar-refractivity contribution in [2.75, 3.05) is 6.54 Å². The van der Waals surface area contributed by atoms with E-state index in [0.717, 1.165) is 5.56 Å². The molecule has 28 heavy (non-hydrogen) atoms. The second-order valence-corrected chi connectivity index (χ2v) is 6.62. The van der Waals surface area contributed by atoms with Crippen LogP contribution in [-0.2, 0) is 24.2 Å². The number of carbonyl (C=O) groups excluding carboxylic acids is 2. The third-order valence-corrected chi connectivity index (χ3v) is 4.60. The number of fused-ring (bicyclic) bond motifs is 1. The van der Waals surface area contributed by atoms with E-state index in [1.807, 2.05) is 6.07 Å². The maximum Gasteiger partial charge on any atom is 0.526 e. The predicted octanol–water partition coefficient (Wildman–Crippen LogP) is -0.150. The molecule has 0 bridgehead atoms. The van der Waals surface area contributed by atoms with Gasteiger partial charge in [0, 0.05) is 12.2 Å². The van der Waals surface area contributed by atoms with Gasteiger partial charge in [-0.2, -0.15) is 0 Å². The maximum absolute atomic E-state index is 12.5. The van der Waals surface area contributed by atoms with E-state index in [0.29, 0.717) is 36.6 Å². The lowest BCUT2D eigenvalue weighted by Gasteiger charge is -2.28. The van der Waals surface area contributed by atoms with Crippen LogP contribution in [0.4, 0.5) is 0 Å². The van der Waals surface area contributed by atoms with Crippen molar-refractivity contribution in [2.45, 2.75) is 38.5 Å². The van der Waals surface area contributed by atoms with Crippen molar-refractivity contribution in [3.8, 4) is 5.75 Å². The van der Waals surface area contributed by atoms with Crippen LogP contribution in [0.15, 0.2) is 23.2 Å². The Balaban J connectivity index is 1.65. The highest BCUT2D eigenvalue weighted by atomic mass is 16.5. The first-order chi connectivity index (χ1) is 13.5. The van der Waals surface area contributed by atoms with Gasteiger partial charge in [-0.1, -0.05) is 12.1 Å². The minimum Gasteiger partial charge on any atom is -0.535 e. The van der Waals surface area contributed by atoms with E-state index in [9.17, 15) is 14.6 Å². The molecule has 2 aromatic rings. The predicted molar refractivity (Wildman–Crippen MR) is 101 cm³/mol. The summed E-state index contributed by atoms with van der Waals surface area (Å²) in [5, 5.41) is 21.7. The molecule has 146 valence electrons. The number of rotatable bonds is 8. The standard InChI is InChI=1S/C17H21BN6O4/c1-11(25)15-4-2-3-12-7-13(18(27)28-17(12)15)8-14(26)9-16-21-22-23-24(16)6-5-20-10-19/h2-4,10,13,27H,5-9H2,1H3,(H2,19,20)/t13-/m1/s1. The number of hydrogen-bond donors (Lipinski definition) is 2. The Labute approximate surface area is 161 Å². The van der Waals surface area contributed by atoms with Crippen LogP contribution in [0.1, 0.15) is 35.1 Å². The molecular formula is C17H21BN6O4. The highest BCUT2D eigenvalue weighted by Crippen LogP contribution is 2.36. The largest absolute Gasteiger partial charge is 0.535 e. The van der Waals surface area contributed by atoms with Gasteiger partial charge >= 0.3 is 7.12 Å². The van der Waals surface area contributed by atoms with Crippen LogP contribution in [0.3, 0.4) is 0 Å². The van der Waals surface area contributed by atoms with Crippen molar-refractivity contribution in [3.05, 3.63) is 35.2 Å². The summed E-state index contributed by atoms with van der Waals surface area (Å²) in [6.45, 7) is 2.27. The summed E-state index contributed by atoms with van der Waals surface area (Å²) in [5.41, 5.74) is 6.44. The lowest BCUT2D eigenvalue weighted by molar-refractivity contribution is -0.118. The summed E-state index contributed by atoms with van der Waals surface area (Å²) < 4.78 is 7.08. The summed E-state index contributed by atoms with van der Waals surface area (Å²) >= 11 is 0. The first-order valence-corrected chi connectivity index (χ1v) is 8.94. The topological polar surface area (TPSA) is 146 Å². The Morgan fingerprint density at radius 1 is 1.50 bits per heavy atom. The fraction of sp³-hybridized carbons (Fsp3) is 0.412. The molecule has 0 spiro atoms. The molecule has 10 nitrogen and oxygen atoms in total. The molecule has 1 aromatic heterocycles. The van der Waals surface area contributed by atoms with Crippen LogP contribution in [-0.4, -0.2) is 56.8 Å². The number of tetrazole rings is 1. The van der Waals surface area contributed by atoms with E-state index in [1.54, 1.807) is 12.1 Å². The van der Waals surface area contributed by atoms with Gasteiger partial charge in [0.1, 0.15) is 11.5 Å². The Morgan fingerprint density at radius 2 is 2.32 bits per heavy atom. The fourth-order valence-electron chi connectivity index (χ4n) is 3.23. The van der Waals surface area contributed by atoms with Gasteiger partial charge in [0.15, 0.2) is 11.6 Å². The molecule has 1 aliphatic rings. The highest BCUT2D eigenvalue weighted by molar-refractivity contribution is 6.47. The number of Topliss-reactive ketones (excluding diaryl/α,β-unsaturated/α-hetero) is 2. The van der Waals surface area contributed by atoms with E-state index in [1.165, 1.54) is 17.9 Å². The molecule has 2 heterocycles. The molecule has 0 aliphatic carbocycles. The minimum absolute atomic E-state index is 0.0445. The molecule has 11 heteroatoms. The zero-order chi connectivity index (χ0) is 20.1. The average molecular weight is 384 g/mol. The molecule has 0 fully saturated rings. The molecule has 1 aromatic carbocycles. The number of para-hydroxylation sites is 1. The number of aliphatic imine (C=N–C) groups is 1. The van der Waals surface area contributed by atoms with Crippen molar-refractivity contribution >= 4 is 25.0 Å². The molecule has 1 atom stereocenters. The Bertz CT molecular complexity index is 900. The molecular weight excluding hydrogens is 363 g/mol. The summed E-state index contributed by atoms with van der Waals surface area (Å²) in [5.74, 6) is 0.174. The quantitative estimate of drug-likeness (QED) is 0.277. The van der Waals surface area contributed by atoms with Gasteiger partial charge < -0.3 is 15.4 Å². The number of aromatic nitrogens is 4. The zero-order valence-electron chi connectivity index (χ0n) is 15.5. The van der Waals surface area contributed by atoms with Gasteiger partial charge in [-0.3, -0.25) is 14.6 Å². The Kier molecular flexibility index (Phi) is 6.14. The third kappa shape index (κ3) is 4.42. The van der Waals surface area contributed by atoms with Crippen LogP contribution in [0.2, 0.25) is 5.82 Å². The van der Waals surface area contributed by atoms with Crippen LogP contribution in [0, 0.1) is 0 Å². The van der Waals surface area contributed by atoms with E-state index >= 15 is 0 Å². The molecule has 3 rings (SSSR count). The second kappa shape index (κ2) is 8.74. The van der Waals surface area contributed by atoms with E-state index in [-0.39, 0.29) is 24.4 Å². The number of benzene rings is 1. The number of carbonyl (C=O) groups is 2. The first kappa shape index (κ1) is 19.7. The van der Waals surface area contributed by atoms with Crippen LogP contribution >= 0.6 is 0 Å². The molecule has 0 radical (unpaired) electrons. The molecule has 0 amide bonds. The van der Waals surface area contributed by atoms with Crippen molar-refractivity contribution in [2.24, 2.45) is 10.7 Å². The summed E-state index contributed by atoms with van der Waals surface area (Å²) in [6, 6.07) is 5.27. The van der Waals surface area contributed by atoms with Gasteiger partial charge in [0.2, 0.25) is 0 Å². The van der Waals surface area contributed by atoms with E-state index < -0.39 is 12.9 Å². The molecule has 1 aliphatic heterocycles. The second-order valence-electron chi connectivity index (χ2n) is 6.62. The highest BCUT2D eigenvalue weighted by Gasteiger charge is 2.37. The smallest absolute Gasteiger partial charge is 0.526 e. The van der Waals surface area contributed by atoms with Crippen molar-refractivity contribution in [1.29, 1.82) is 0 Å². The first-order valence-electron chi connectivity index (χ1n) is 8.94. The van der Waals surface area contributed by atoms with Gasteiger partial charge in [-0.05, 0) is 35.4 Å². The third-order valence-electron chi connectivity index (χ3n) is 4.60. The van der Waals surface area contributed by atoms with Crippen LogP contribution in [0.5, 0.6) is 5.75 Å². The normalized spacial score (nSPS) is 16.1. The van der Waals surface area contributed by atoms with Crippen molar-refractivity contribution < 1.29 is 19.3 Å². The Morgan fingerprint density at radius 3 is 3.07 bits per heavy atom. The minimum atomic E-state index is -1.16. The SMILES string of the molecule is CC(=O)c1cccc2c1OB(O)[C@@H](CC(=O)Cc1nnnn1CCN=CN)C2. The van der Waals surface area contributed by atoms with Gasteiger partial charge in [0.25, 0.3) is 0 Å². The fourth-order valence-corrected chi connectivity index (χ4v) is 3.23. The summed E-state index contributed by atoms with van der Waals surface area (Å²) in [4.78, 5) is 28.1. The maximum atomic E-state index is 12.5. The van der Waals surface area contributed by atoms with Gasteiger partial charge in [-0.15, -0.1) is 5.10 Å². The van der Waals surface area contributed by atoms with Crippen molar-refractivity contribution in [3.63, 3.8) is 0 Å². The lowest BCUT2D eigenvalue weighted by atomic mass is 9.64. The van der Waals surface area contributed by atoms with Crippen LogP contribution in [0.25, 0.3) is 0 Å². The zero-order valence-corrected chi connectivity index (χ0v) is 15.5.